The number of nitrogens with two attached hydrogens (primary N) is 8. The molecule has 0 aliphatic heterocycles. The number of hydrogen-bond acceptors (Lipinski definition) is 20. The molecule has 37 heteroatoms. The number of nitrogens with one attached hydrogen (secondary N) is 12. The standard InChI is InChI=1S/C60H98N22O15/c1-33(74-46(86)31-73-58(97)48(35(3)84)82-56(95)43(28-37-17-8-5-9-18-37)76-47(87)30-71-45(85)29-72-52(91)38(63)27-36-15-6-4-7-16-36)50(89)78-42(22-14-26-70-60(67)68)54(93)80-40(19-10-11-23-61)55(94)81-44(32-83)57(96)75-34(2)51(90)79-41(21-13-25-69-59(65)66)53(92)77-39(49(64)88)20-12-24-62/h4-9,15-18,33-35,38-44,48,83-84H,10-14,19-32,61-63H2,1-3H3,(H2,64,88)(H,71,85)(H,72,91)(H,73,97)(H,74,86)(H,75,96)(H,76,87)(H,77,92)(H,78,89)(H,79,90)(H,80,93)(H,81,94)(H,82,95)(H4,65,66,69)(H4,67,68,70)/t33-,34-,35+,38-,39-,40-,41-,42-,43-,44-,48-/m0/s1. The Morgan fingerprint density at radius 2 is 0.814 bits per heavy atom. The van der Waals surface area contributed by atoms with E-state index in [0.717, 1.165) is 5.56 Å². The minimum absolute atomic E-state index is 0.0253. The summed E-state index contributed by atoms with van der Waals surface area (Å²) in [4.78, 5) is 181. The average molecular weight is 1370 g/mol. The molecule has 0 heterocycles. The van der Waals surface area contributed by atoms with Crippen LogP contribution in [0.25, 0.3) is 0 Å². The third kappa shape index (κ3) is 33.7. The number of unbranched alkanes of at least 4 members (excludes halogenated alkanes) is 1. The number of carbonyl (C=O) groups is 13. The van der Waals surface area contributed by atoms with Crippen molar-refractivity contribution in [3.63, 3.8) is 0 Å². The minimum atomic E-state index is -1.73. The Hall–Kier alpha value is -10.1. The fourth-order valence-corrected chi connectivity index (χ4v) is 9.00. The number of aliphatic hydroxyl groups is 2. The first kappa shape index (κ1) is 83.0. The third-order valence-corrected chi connectivity index (χ3v) is 14.4. The van der Waals surface area contributed by atoms with E-state index in [1.54, 1.807) is 60.7 Å². The van der Waals surface area contributed by atoms with E-state index in [9.17, 15) is 72.5 Å². The summed E-state index contributed by atoms with van der Waals surface area (Å²) in [5.74, 6) is -12.2. The van der Waals surface area contributed by atoms with Crippen LogP contribution in [0.2, 0.25) is 0 Å². The molecule has 97 heavy (non-hydrogen) atoms. The molecule has 0 bridgehead atoms. The highest BCUT2D eigenvalue weighted by Crippen LogP contribution is 2.10. The number of aliphatic hydroxyl groups excluding tert-OH is 2. The first-order chi connectivity index (χ1) is 46.0. The molecule has 538 valence electrons. The Labute approximate surface area is 561 Å². The van der Waals surface area contributed by atoms with E-state index in [2.05, 4.69) is 73.8 Å². The molecule has 0 saturated heterocycles. The van der Waals surface area contributed by atoms with Gasteiger partial charge in [-0.25, -0.2) is 0 Å². The van der Waals surface area contributed by atoms with Gasteiger partial charge in [-0.1, -0.05) is 60.7 Å². The number of primary amides is 1. The lowest BCUT2D eigenvalue weighted by atomic mass is 10.0. The largest absolute Gasteiger partial charge is 0.394 e. The maximum atomic E-state index is 14.1. The highest BCUT2D eigenvalue weighted by molar-refractivity contribution is 5.99. The monoisotopic (exact) mass is 1370 g/mol. The predicted molar refractivity (Wildman–Crippen MR) is 355 cm³/mol. The van der Waals surface area contributed by atoms with Crippen molar-refractivity contribution < 1.29 is 72.5 Å². The molecule has 0 saturated carbocycles. The molecule has 30 N–H and O–H groups in total. The fourth-order valence-electron chi connectivity index (χ4n) is 9.00. The first-order valence-corrected chi connectivity index (χ1v) is 31.5. The molecule has 0 aromatic heterocycles. The van der Waals surface area contributed by atoms with Crippen LogP contribution in [-0.2, 0) is 75.2 Å². The summed E-state index contributed by atoms with van der Waals surface area (Å²) in [6.07, 6.45) is -0.492. The average Bonchev–Trinajstić information content (AvgIpc) is 0.941. The van der Waals surface area contributed by atoms with Gasteiger partial charge in [0.15, 0.2) is 11.9 Å². The predicted octanol–water partition coefficient (Wildman–Crippen LogP) is -9.62. The van der Waals surface area contributed by atoms with Crippen molar-refractivity contribution >= 4 is 88.7 Å². The van der Waals surface area contributed by atoms with E-state index >= 15 is 0 Å². The Morgan fingerprint density at radius 1 is 0.412 bits per heavy atom. The van der Waals surface area contributed by atoms with Crippen LogP contribution in [0, 0.1) is 0 Å². The van der Waals surface area contributed by atoms with Gasteiger partial charge in [-0.15, -0.1) is 0 Å². The highest BCUT2D eigenvalue weighted by atomic mass is 16.3. The Morgan fingerprint density at radius 3 is 1.30 bits per heavy atom. The summed E-state index contributed by atoms with van der Waals surface area (Å²) in [6.45, 7) is 1.07. The lowest BCUT2D eigenvalue weighted by molar-refractivity contribution is -0.136. The summed E-state index contributed by atoms with van der Waals surface area (Å²) >= 11 is 0. The van der Waals surface area contributed by atoms with Crippen molar-refractivity contribution in [3.05, 3.63) is 71.8 Å². The molecule has 2 aromatic rings. The molecule has 11 atom stereocenters. The molecule has 37 nitrogen and oxygen atoms in total. The summed E-state index contributed by atoms with van der Waals surface area (Å²) in [7, 11) is 0. The Bertz CT molecular complexity index is 2970. The van der Waals surface area contributed by atoms with E-state index in [4.69, 9.17) is 45.9 Å². The summed E-state index contributed by atoms with van der Waals surface area (Å²) in [5, 5.41) is 50.0. The third-order valence-electron chi connectivity index (χ3n) is 14.4. The minimum Gasteiger partial charge on any atom is -0.394 e. The van der Waals surface area contributed by atoms with Gasteiger partial charge in [-0.05, 0) is 109 Å². The lowest BCUT2D eigenvalue weighted by Gasteiger charge is -2.26. The number of rotatable bonds is 46. The lowest BCUT2D eigenvalue weighted by Crippen LogP contribution is -2.60. The highest BCUT2D eigenvalue weighted by Gasteiger charge is 2.34. The maximum Gasteiger partial charge on any atom is 0.245 e. The Kier molecular flexibility index (Phi) is 38.8. The van der Waals surface area contributed by atoms with Gasteiger partial charge < -0.3 is 120 Å². The van der Waals surface area contributed by atoms with Crippen LogP contribution >= 0.6 is 0 Å². The van der Waals surface area contributed by atoms with Gasteiger partial charge in [0.2, 0.25) is 76.8 Å². The van der Waals surface area contributed by atoms with Gasteiger partial charge in [0.1, 0.15) is 54.4 Å². The SMILES string of the molecule is C[C@H](NC(=O)CNC(=O)[C@@H](NC(=O)[C@H](Cc1ccccc1)NC(=O)CNC(=O)CNC(=O)[C@@H](N)Cc1ccccc1)[C@@H](C)O)C(=O)N[C@@H](CCCN=C(N)N)C(=O)N[C@@H](CCCCN)C(=O)N[C@@H](CO)C(=O)N[C@@H](C)C(=O)N[C@@H](CCCN=C(N)N)C(=O)N[C@@H](CCCN)C(N)=O. The number of guanidine groups is 2. The van der Waals surface area contributed by atoms with Crippen molar-refractivity contribution in [2.45, 2.75) is 158 Å². The van der Waals surface area contributed by atoms with Gasteiger partial charge in [0, 0.05) is 19.5 Å². The van der Waals surface area contributed by atoms with Crippen LogP contribution in [0.1, 0.15) is 89.7 Å². The van der Waals surface area contributed by atoms with Gasteiger partial charge in [0.25, 0.3) is 0 Å². The van der Waals surface area contributed by atoms with E-state index in [0.29, 0.717) is 18.4 Å². The van der Waals surface area contributed by atoms with Gasteiger partial charge >= 0.3 is 0 Å². The van der Waals surface area contributed by atoms with Crippen LogP contribution in [0.5, 0.6) is 0 Å². The normalized spacial score (nSPS) is 14.2. The zero-order valence-electron chi connectivity index (χ0n) is 54.8. The van der Waals surface area contributed by atoms with Crippen molar-refractivity contribution in [3.8, 4) is 0 Å². The number of amides is 13. The molecule has 0 spiro atoms. The van der Waals surface area contributed by atoms with Crippen molar-refractivity contribution in [2.24, 2.45) is 55.9 Å². The van der Waals surface area contributed by atoms with Crippen LogP contribution in [0.4, 0.5) is 0 Å². The van der Waals surface area contributed by atoms with Crippen LogP contribution in [0.15, 0.2) is 70.6 Å². The van der Waals surface area contributed by atoms with E-state index in [-0.39, 0.29) is 95.9 Å². The van der Waals surface area contributed by atoms with Crippen molar-refractivity contribution in [1.82, 2.24) is 63.8 Å². The molecule has 0 fully saturated rings. The summed E-state index contributed by atoms with van der Waals surface area (Å²) < 4.78 is 0. The van der Waals surface area contributed by atoms with E-state index in [1.165, 1.54) is 20.8 Å². The number of aliphatic imine (C=N–C) groups is 2. The molecular formula is C60H98N22O15. The summed E-state index contributed by atoms with van der Waals surface area (Å²) in [5.41, 5.74) is 45.9. The van der Waals surface area contributed by atoms with E-state index in [1.807, 2.05) is 0 Å². The van der Waals surface area contributed by atoms with Crippen LogP contribution < -0.4 is 110 Å². The van der Waals surface area contributed by atoms with E-state index < -0.39 is 170 Å². The topological polar surface area (TPSA) is 640 Å². The molecule has 2 aromatic carbocycles. The second kappa shape index (κ2) is 45.3. The smallest absolute Gasteiger partial charge is 0.245 e. The zero-order valence-corrected chi connectivity index (χ0v) is 54.8. The fraction of sp³-hybridized carbons (Fsp3) is 0.550. The zero-order chi connectivity index (χ0) is 72.6. The molecule has 13 amide bonds. The quantitative estimate of drug-likeness (QED) is 0.0166. The molecule has 0 aliphatic carbocycles. The maximum absolute atomic E-state index is 14.1. The number of benzene rings is 2. The van der Waals surface area contributed by atoms with Crippen LogP contribution in [-0.4, -0.2) is 218 Å². The van der Waals surface area contributed by atoms with Gasteiger partial charge in [0.05, 0.1) is 38.4 Å². The summed E-state index contributed by atoms with van der Waals surface area (Å²) in [6, 6.07) is 3.39. The molecule has 0 aliphatic rings. The van der Waals surface area contributed by atoms with Crippen LogP contribution in [0.3, 0.4) is 0 Å². The molecular weight excluding hydrogens is 1270 g/mol. The first-order valence-electron chi connectivity index (χ1n) is 31.5. The number of carbonyl (C=O) groups excluding carboxylic acids is 13. The molecule has 0 radical (unpaired) electrons. The Balaban J connectivity index is 2.17. The van der Waals surface area contributed by atoms with Gasteiger partial charge in [-0.2, -0.15) is 0 Å². The second-order valence-corrected chi connectivity index (χ2v) is 22.6. The molecule has 0 unspecified atom stereocenters. The second-order valence-electron chi connectivity index (χ2n) is 22.6. The van der Waals surface area contributed by atoms with Crippen molar-refractivity contribution in [1.29, 1.82) is 0 Å². The van der Waals surface area contributed by atoms with Gasteiger partial charge in [-0.3, -0.25) is 72.3 Å². The number of nitrogens with zero attached hydrogens (tertiary/aromatic N) is 2. The molecule has 2 rings (SSSR count). The number of hydrogen-bond donors (Lipinski definition) is 22. The van der Waals surface area contributed by atoms with Crippen molar-refractivity contribution in [2.75, 3.05) is 52.4 Å².